The molecule has 0 aliphatic carbocycles. The number of hydrogen-bond donors (Lipinski definition) is 1. The Balaban J connectivity index is 1.55. The zero-order valence-corrected chi connectivity index (χ0v) is 16.1. The highest BCUT2D eigenvalue weighted by molar-refractivity contribution is 5.93. The molecule has 2 amide bonds. The molecule has 3 rings (SSSR count). The van der Waals surface area contributed by atoms with Crippen LogP contribution in [0.1, 0.15) is 16.1 Å². The smallest absolute Gasteiger partial charge is 0.335 e. The van der Waals surface area contributed by atoms with Crippen molar-refractivity contribution in [2.24, 2.45) is 7.05 Å². The molecule has 30 heavy (non-hydrogen) atoms. The first kappa shape index (κ1) is 21.5. The quantitative estimate of drug-likeness (QED) is 0.799. The number of piperazine rings is 1. The topological polar surface area (TPSA) is 87.5 Å². The molecule has 1 N–H and O–H groups in total. The van der Waals surface area contributed by atoms with Crippen molar-refractivity contribution in [1.29, 1.82) is 0 Å². The fraction of sp³-hybridized carbons (Fsp3) is 0.368. The van der Waals surface area contributed by atoms with E-state index in [9.17, 15) is 27.6 Å². The van der Waals surface area contributed by atoms with E-state index in [-0.39, 0.29) is 29.4 Å². The monoisotopic (exact) mass is 423 g/mol. The molecule has 1 aliphatic heterocycles. The molecule has 0 radical (unpaired) electrons. The predicted octanol–water partition coefficient (Wildman–Crippen LogP) is 1.20. The van der Waals surface area contributed by atoms with E-state index < -0.39 is 17.6 Å². The van der Waals surface area contributed by atoms with Crippen LogP contribution in [0.15, 0.2) is 41.2 Å². The van der Waals surface area contributed by atoms with Gasteiger partial charge in [0.05, 0.1) is 17.8 Å². The molecule has 0 atom stereocenters. The van der Waals surface area contributed by atoms with Gasteiger partial charge in [0.25, 0.3) is 11.5 Å². The van der Waals surface area contributed by atoms with Crippen molar-refractivity contribution in [2.45, 2.75) is 6.18 Å². The zero-order valence-electron chi connectivity index (χ0n) is 16.1. The van der Waals surface area contributed by atoms with Gasteiger partial charge in [0.2, 0.25) is 5.91 Å². The number of para-hydroxylation sites is 1. The lowest BCUT2D eigenvalue weighted by atomic mass is 10.1. The van der Waals surface area contributed by atoms with Crippen molar-refractivity contribution >= 4 is 17.5 Å². The molecule has 2 aromatic rings. The van der Waals surface area contributed by atoms with Crippen LogP contribution in [0.3, 0.4) is 0 Å². The van der Waals surface area contributed by atoms with Gasteiger partial charge in [-0.25, -0.2) is 4.68 Å². The van der Waals surface area contributed by atoms with E-state index in [4.69, 9.17) is 0 Å². The summed E-state index contributed by atoms with van der Waals surface area (Å²) in [5.41, 5.74) is -1.37. The van der Waals surface area contributed by atoms with Gasteiger partial charge in [0.15, 0.2) is 0 Å². The number of carbonyl (C=O) groups excluding carboxylic acids is 2. The van der Waals surface area contributed by atoms with E-state index >= 15 is 0 Å². The van der Waals surface area contributed by atoms with Crippen LogP contribution in [0, 0.1) is 0 Å². The summed E-state index contributed by atoms with van der Waals surface area (Å²) in [6.07, 6.45) is -4.56. The summed E-state index contributed by atoms with van der Waals surface area (Å²) >= 11 is 0. The van der Waals surface area contributed by atoms with Crippen molar-refractivity contribution in [2.75, 3.05) is 38.0 Å². The minimum Gasteiger partial charge on any atom is -0.335 e. The SMILES string of the molecule is Cn1nc(C(=O)N2CCN(CC(=O)Nc3ccccc3C(F)(F)F)CC2)ccc1=O. The summed E-state index contributed by atoms with van der Waals surface area (Å²) in [7, 11) is 1.45. The fourth-order valence-corrected chi connectivity index (χ4v) is 3.12. The molecule has 1 aromatic carbocycles. The van der Waals surface area contributed by atoms with Crippen molar-refractivity contribution in [3.63, 3.8) is 0 Å². The van der Waals surface area contributed by atoms with E-state index in [0.29, 0.717) is 26.2 Å². The Labute approximate surface area is 169 Å². The Bertz CT molecular complexity index is 997. The number of halogens is 3. The van der Waals surface area contributed by atoms with E-state index in [2.05, 4.69) is 10.4 Å². The highest BCUT2D eigenvalue weighted by atomic mass is 19.4. The van der Waals surface area contributed by atoms with Crippen molar-refractivity contribution in [3.05, 3.63) is 58.0 Å². The number of nitrogens with zero attached hydrogens (tertiary/aromatic N) is 4. The van der Waals surface area contributed by atoms with Crippen molar-refractivity contribution in [1.82, 2.24) is 19.6 Å². The molecule has 0 unspecified atom stereocenters. The molecule has 1 saturated heterocycles. The number of hydrogen-bond acceptors (Lipinski definition) is 5. The van der Waals surface area contributed by atoms with E-state index in [1.54, 1.807) is 9.80 Å². The Morgan fingerprint density at radius 2 is 1.73 bits per heavy atom. The van der Waals surface area contributed by atoms with Crippen molar-refractivity contribution in [3.8, 4) is 0 Å². The zero-order chi connectivity index (χ0) is 21.9. The van der Waals surface area contributed by atoms with E-state index in [0.717, 1.165) is 10.7 Å². The Kier molecular flexibility index (Phi) is 6.20. The van der Waals surface area contributed by atoms with E-state index in [1.807, 2.05) is 0 Å². The summed E-state index contributed by atoms with van der Waals surface area (Å²) in [5, 5.41) is 6.25. The highest BCUT2D eigenvalue weighted by Crippen LogP contribution is 2.34. The lowest BCUT2D eigenvalue weighted by Crippen LogP contribution is -2.50. The third-order valence-electron chi connectivity index (χ3n) is 4.71. The van der Waals surface area contributed by atoms with Crippen LogP contribution in [-0.4, -0.2) is 64.1 Å². The Morgan fingerprint density at radius 3 is 2.37 bits per heavy atom. The van der Waals surface area contributed by atoms with Crippen LogP contribution in [-0.2, 0) is 18.0 Å². The summed E-state index contributed by atoms with van der Waals surface area (Å²) in [6, 6.07) is 7.42. The van der Waals surface area contributed by atoms with Gasteiger partial charge < -0.3 is 10.2 Å². The van der Waals surface area contributed by atoms with Gasteiger partial charge in [-0.15, -0.1) is 0 Å². The molecule has 11 heteroatoms. The summed E-state index contributed by atoms with van der Waals surface area (Å²) in [4.78, 5) is 39.4. The second-order valence-corrected chi connectivity index (χ2v) is 6.84. The Morgan fingerprint density at radius 1 is 1.07 bits per heavy atom. The number of benzene rings is 1. The van der Waals surface area contributed by atoms with Crippen LogP contribution in [0.25, 0.3) is 0 Å². The molecule has 1 aliphatic rings. The maximum atomic E-state index is 13.0. The lowest BCUT2D eigenvalue weighted by molar-refractivity contribution is -0.137. The molecule has 1 aromatic heterocycles. The Hall–Kier alpha value is -3.21. The van der Waals surface area contributed by atoms with E-state index in [1.165, 1.54) is 37.4 Å². The molecule has 1 fully saturated rings. The molecular weight excluding hydrogens is 403 g/mol. The number of rotatable bonds is 4. The number of anilines is 1. The van der Waals surface area contributed by atoms with Gasteiger partial charge in [0.1, 0.15) is 5.69 Å². The normalized spacial score (nSPS) is 15.1. The molecule has 0 saturated carbocycles. The average Bonchev–Trinajstić information content (AvgIpc) is 2.69. The third kappa shape index (κ3) is 5.03. The van der Waals surface area contributed by atoms with Gasteiger partial charge in [-0.05, 0) is 18.2 Å². The number of aryl methyl sites for hydroxylation is 1. The third-order valence-corrected chi connectivity index (χ3v) is 4.71. The van der Waals surface area contributed by atoms with Crippen LogP contribution < -0.4 is 10.9 Å². The van der Waals surface area contributed by atoms with Crippen LogP contribution in [0.4, 0.5) is 18.9 Å². The number of alkyl halides is 3. The van der Waals surface area contributed by atoms with Gasteiger partial charge in [-0.1, -0.05) is 12.1 Å². The predicted molar refractivity (Wildman–Crippen MR) is 102 cm³/mol. The highest BCUT2D eigenvalue weighted by Gasteiger charge is 2.33. The van der Waals surface area contributed by atoms with Crippen molar-refractivity contribution < 1.29 is 22.8 Å². The minimum atomic E-state index is -4.56. The number of amides is 2. The maximum Gasteiger partial charge on any atom is 0.418 e. The number of carbonyl (C=O) groups is 2. The lowest BCUT2D eigenvalue weighted by Gasteiger charge is -2.34. The second-order valence-electron chi connectivity index (χ2n) is 6.84. The van der Waals surface area contributed by atoms with Crippen LogP contribution >= 0.6 is 0 Å². The number of nitrogens with one attached hydrogen (secondary N) is 1. The average molecular weight is 423 g/mol. The molecule has 8 nitrogen and oxygen atoms in total. The first-order valence-electron chi connectivity index (χ1n) is 9.17. The molecule has 160 valence electrons. The fourth-order valence-electron chi connectivity index (χ4n) is 3.12. The van der Waals surface area contributed by atoms with Gasteiger partial charge in [-0.2, -0.15) is 18.3 Å². The summed E-state index contributed by atoms with van der Waals surface area (Å²) in [5.74, 6) is -0.889. The molecule has 2 heterocycles. The first-order valence-corrected chi connectivity index (χ1v) is 9.17. The molecule has 0 spiro atoms. The standard InChI is InChI=1S/C19H20F3N5O3/c1-25-17(29)7-6-15(24-25)18(30)27-10-8-26(9-11-27)12-16(28)23-14-5-3-2-4-13(14)19(20,21)22/h2-7H,8-12H2,1H3,(H,23,28). The molecular formula is C19H20F3N5O3. The number of aromatic nitrogens is 2. The van der Waals surface area contributed by atoms with Crippen LogP contribution in [0.5, 0.6) is 0 Å². The largest absolute Gasteiger partial charge is 0.418 e. The summed E-state index contributed by atoms with van der Waals surface area (Å²) in [6.45, 7) is 1.33. The van der Waals surface area contributed by atoms with Gasteiger partial charge >= 0.3 is 6.18 Å². The van der Waals surface area contributed by atoms with Gasteiger partial charge in [0, 0.05) is 39.3 Å². The van der Waals surface area contributed by atoms with Gasteiger partial charge in [-0.3, -0.25) is 19.3 Å². The molecule has 0 bridgehead atoms. The first-order chi connectivity index (χ1) is 14.1. The maximum absolute atomic E-state index is 13.0. The summed E-state index contributed by atoms with van der Waals surface area (Å²) < 4.78 is 40.2. The van der Waals surface area contributed by atoms with Crippen LogP contribution in [0.2, 0.25) is 0 Å². The second kappa shape index (κ2) is 8.66. The minimum absolute atomic E-state index is 0.0910.